The van der Waals surface area contributed by atoms with E-state index in [1.54, 1.807) is 18.2 Å². The molecule has 0 aliphatic rings. The summed E-state index contributed by atoms with van der Waals surface area (Å²) in [5, 5.41) is 0.894. The van der Waals surface area contributed by atoms with Gasteiger partial charge in [0.15, 0.2) is 0 Å². The lowest BCUT2D eigenvalue weighted by Gasteiger charge is -2.04. The van der Waals surface area contributed by atoms with Gasteiger partial charge in [-0.1, -0.05) is 30.9 Å². The number of rotatable bonds is 3. The molecule has 4 heteroatoms. The van der Waals surface area contributed by atoms with Crippen LogP contribution in [-0.2, 0) is 4.74 Å². The number of pyridine rings is 1. The number of esters is 1. The third-order valence-corrected chi connectivity index (χ3v) is 2.29. The topological polar surface area (TPSA) is 65.2 Å². The van der Waals surface area contributed by atoms with Crippen LogP contribution in [0, 0.1) is 0 Å². The number of aromatic nitrogens is 1. The Morgan fingerprint density at radius 3 is 3.00 bits per heavy atom. The molecule has 0 aliphatic heterocycles. The average molecular weight is 228 g/mol. The number of benzene rings is 1. The van der Waals surface area contributed by atoms with Gasteiger partial charge in [0.1, 0.15) is 12.3 Å². The molecule has 1 aromatic carbocycles. The van der Waals surface area contributed by atoms with E-state index in [-0.39, 0.29) is 12.3 Å². The molecule has 0 unspecified atom stereocenters. The Labute approximate surface area is 98.7 Å². The van der Waals surface area contributed by atoms with Gasteiger partial charge in [0.25, 0.3) is 0 Å². The number of fused-ring (bicyclic) bond motifs is 1. The van der Waals surface area contributed by atoms with Crippen molar-refractivity contribution in [3.8, 4) is 0 Å². The smallest absolute Gasteiger partial charge is 0.357 e. The fourth-order valence-electron chi connectivity index (χ4n) is 1.49. The lowest BCUT2D eigenvalue weighted by atomic mass is 10.2. The van der Waals surface area contributed by atoms with E-state index in [2.05, 4.69) is 11.6 Å². The summed E-state index contributed by atoms with van der Waals surface area (Å²) in [6.45, 7) is 3.64. The highest BCUT2D eigenvalue weighted by molar-refractivity contribution is 5.94. The van der Waals surface area contributed by atoms with E-state index in [1.165, 1.54) is 6.08 Å². The van der Waals surface area contributed by atoms with Gasteiger partial charge in [-0.2, -0.15) is 0 Å². The molecule has 0 aliphatic carbocycles. The van der Waals surface area contributed by atoms with Gasteiger partial charge >= 0.3 is 5.97 Å². The van der Waals surface area contributed by atoms with E-state index in [9.17, 15) is 4.79 Å². The van der Waals surface area contributed by atoms with Gasteiger partial charge in [0.05, 0.1) is 11.2 Å². The summed E-state index contributed by atoms with van der Waals surface area (Å²) < 4.78 is 4.91. The van der Waals surface area contributed by atoms with Crippen LogP contribution in [0.2, 0.25) is 0 Å². The van der Waals surface area contributed by atoms with Gasteiger partial charge in [0.2, 0.25) is 0 Å². The molecule has 1 aromatic heterocycles. The van der Waals surface area contributed by atoms with Crippen molar-refractivity contribution in [2.45, 2.75) is 0 Å². The number of carbonyl (C=O) groups is 1. The molecule has 0 spiro atoms. The molecule has 86 valence electrons. The van der Waals surface area contributed by atoms with Crippen LogP contribution in [0.15, 0.2) is 43.0 Å². The second-order valence-corrected chi connectivity index (χ2v) is 3.50. The van der Waals surface area contributed by atoms with Crippen LogP contribution >= 0.6 is 0 Å². The van der Waals surface area contributed by atoms with Gasteiger partial charge in [0, 0.05) is 5.39 Å². The molecule has 4 nitrogen and oxygen atoms in total. The summed E-state index contributed by atoms with van der Waals surface area (Å²) in [5.74, 6) is -0.477. The van der Waals surface area contributed by atoms with Crippen LogP contribution in [-0.4, -0.2) is 17.6 Å². The normalized spacial score (nSPS) is 10.1. The summed E-state index contributed by atoms with van der Waals surface area (Å²) in [5.41, 5.74) is 7.20. The van der Waals surface area contributed by atoms with Crippen molar-refractivity contribution in [2.75, 3.05) is 12.3 Å². The number of nitrogen functional groups attached to an aromatic ring is 1. The maximum Gasteiger partial charge on any atom is 0.357 e. The molecule has 0 saturated carbocycles. The Morgan fingerprint density at radius 2 is 2.24 bits per heavy atom. The van der Waals surface area contributed by atoms with E-state index < -0.39 is 5.97 Å². The molecule has 0 bridgehead atoms. The molecular weight excluding hydrogens is 216 g/mol. The number of nitrogens with two attached hydrogens (primary N) is 1. The predicted octanol–water partition coefficient (Wildman–Crippen LogP) is 2.16. The third kappa shape index (κ3) is 2.25. The van der Waals surface area contributed by atoms with E-state index in [0.717, 1.165) is 5.39 Å². The van der Waals surface area contributed by atoms with Crippen LogP contribution in [0.4, 0.5) is 5.69 Å². The Morgan fingerprint density at radius 1 is 1.41 bits per heavy atom. The first-order chi connectivity index (χ1) is 8.22. The third-order valence-electron chi connectivity index (χ3n) is 2.29. The van der Waals surface area contributed by atoms with Crippen LogP contribution in [0.5, 0.6) is 0 Å². The zero-order valence-corrected chi connectivity index (χ0v) is 9.22. The first kappa shape index (κ1) is 11.1. The average Bonchev–Trinajstić information content (AvgIpc) is 2.36. The molecule has 2 N–H and O–H groups in total. The Balaban J connectivity index is 2.40. The molecule has 2 aromatic rings. The molecule has 17 heavy (non-hydrogen) atoms. The maximum atomic E-state index is 11.6. The van der Waals surface area contributed by atoms with E-state index in [1.807, 2.05) is 12.1 Å². The second kappa shape index (κ2) is 4.65. The van der Waals surface area contributed by atoms with E-state index in [0.29, 0.717) is 11.2 Å². The fourth-order valence-corrected chi connectivity index (χ4v) is 1.49. The predicted molar refractivity (Wildman–Crippen MR) is 66.6 cm³/mol. The van der Waals surface area contributed by atoms with Crippen LogP contribution in [0.25, 0.3) is 10.9 Å². The summed E-state index contributed by atoms with van der Waals surface area (Å²) in [6.07, 6.45) is 1.51. The molecule has 0 amide bonds. The number of nitrogens with zero attached hydrogens (tertiary/aromatic N) is 1. The molecule has 0 atom stereocenters. The van der Waals surface area contributed by atoms with Gasteiger partial charge in [-0.05, 0) is 12.1 Å². The van der Waals surface area contributed by atoms with Crippen LogP contribution in [0.1, 0.15) is 10.5 Å². The zero-order chi connectivity index (χ0) is 12.3. The van der Waals surface area contributed by atoms with Crippen molar-refractivity contribution in [1.82, 2.24) is 4.98 Å². The van der Waals surface area contributed by atoms with E-state index in [4.69, 9.17) is 10.5 Å². The van der Waals surface area contributed by atoms with Crippen LogP contribution < -0.4 is 5.73 Å². The second-order valence-electron chi connectivity index (χ2n) is 3.50. The molecule has 0 saturated heterocycles. The Bertz CT molecular complexity index is 579. The highest BCUT2D eigenvalue weighted by Crippen LogP contribution is 2.19. The molecule has 0 fully saturated rings. The van der Waals surface area contributed by atoms with Gasteiger partial charge in [-0.15, -0.1) is 0 Å². The zero-order valence-electron chi connectivity index (χ0n) is 9.22. The molecular formula is C13H12N2O2. The van der Waals surface area contributed by atoms with Gasteiger partial charge in [-0.25, -0.2) is 9.78 Å². The highest BCUT2D eigenvalue weighted by Gasteiger charge is 2.09. The number of para-hydroxylation sites is 1. The minimum absolute atomic E-state index is 0.169. The first-order valence-electron chi connectivity index (χ1n) is 5.15. The quantitative estimate of drug-likeness (QED) is 0.496. The van der Waals surface area contributed by atoms with Crippen molar-refractivity contribution >= 4 is 22.6 Å². The van der Waals surface area contributed by atoms with Gasteiger partial charge < -0.3 is 10.5 Å². The fraction of sp³-hybridized carbons (Fsp3) is 0.0769. The number of carbonyl (C=O) groups excluding carboxylic acids is 1. The monoisotopic (exact) mass is 228 g/mol. The standard InChI is InChI=1S/C13H12N2O2/c1-2-8-17-13(16)11-7-6-9-4-3-5-10(14)12(9)15-11/h2-7H,1,8,14H2. The number of hydrogen-bond acceptors (Lipinski definition) is 4. The number of hydrogen-bond donors (Lipinski definition) is 1. The lowest BCUT2D eigenvalue weighted by Crippen LogP contribution is -2.07. The Hall–Kier alpha value is -2.36. The minimum atomic E-state index is -0.477. The van der Waals surface area contributed by atoms with E-state index >= 15 is 0 Å². The number of ether oxygens (including phenoxy) is 1. The lowest BCUT2D eigenvalue weighted by molar-refractivity contribution is 0.0543. The van der Waals surface area contributed by atoms with Crippen LogP contribution in [0.3, 0.4) is 0 Å². The largest absolute Gasteiger partial charge is 0.457 e. The van der Waals surface area contributed by atoms with Crippen molar-refractivity contribution in [1.29, 1.82) is 0 Å². The molecule has 2 rings (SSSR count). The van der Waals surface area contributed by atoms with Crippen molar-refractivity contribution < 1.29 is 9.53 Å². The number of anilines is 1. The minimum Gasteiger partial charge on any atom is -0.457 e. The summed E-state index contributed by atoms with van der Waals surface area (Å²) in [4.78, 5) is 15.8. The summed E-state index contributed by atoms with van der Waals surface area (Å²) in [6, 6.07) is 8.89. The van der Waals surface area contributed by atoms with Gasteiger partial charge in [-0.3, -0.25) is 0 Å². The summed E-state index contributed by atoms with van der Waals surface area (Å²) >= 11 is 0. The highest BCUT2D eigenvalue weighted by atomic mass is 16.5. The molecule has 0 radical (unpaired) electrons. The maximum absolute atomic E-state index is 11.6. The summed E-state index contributed by atoms with van der Waals surface area (Å²) in [7, 11) is 0. The van der Waals surface area contributed by atoms with Crippen molar-refractivity contribution in [3.05, 3.63) is 48.7 Å². The molecule has 1 heterocycles. The van der Waals surface area contributed by atoms with Crippen molar-refractivity contribution in [2.24, 2.45) is 0 Å². The van der Waals surface area contributed by atoms with Crippen molar-refractivity contribution in [3.63, 3.8) is 0 Å². The Kier molecular flexibility index (Phi) is 3.05. The SMILES string of the molecule is C=CCOC(=O)c1ccc2cccc(N)c2n1. The first-order valence-corrected chi connectivity index (χ1v) is 5.15.